The highest BCUT2D eigenvalue weighted by molar-refractivity contribution is 7.89. The van der Waals surface area contributed by atoms with E-state index < -0.39 is 21.7 Å². The molecule has 3 rings (SSSR count). The summed E-state index contributed by atoms with van der Waals surface area (Å²) in [6.45, 7) is 20.8. The van der Waals surface area contributed by atoms with Gasteiger partial charge in [-0.25, -0.2) is 13.1 Å². The van der Waals surface area contributed by atoms with Crippen molar-refractivity contribution in [3.63, 3.8) is 0 Å². The van der Waals surface area contributed by atoms with Gasteiger partial charge in [-0.05, 0) is 89.4 Å². The molecule has 7 heteroatoms. The smallest absolute Gasteiger partial charge is 0.241 e. The minimum Gasteiger partial charge on any atom is -0.487 e. The molecule has 36 heavy (non-hydrogen) atoms. The first-order chi connectivity index (χ1) is 16.8. The molecule has 2 N–H and O–H groups in total. The number of rotatable bonds is 11. The molecule has 0 bridgehead atoms. The van der Waals surface area contributed by atoms with E-state index in [1.165, 1.54) is 0 Å². The molecular formula is C29H43N3O3S. The summed E-state index contributed by atoms with van der Waals surface area (Å²) in [4.78, 5) is 2.70. The Bertz CT molecular complexity index is 1150. The third-order valence-electron chi connectivity index (χ3n) is 6.79. The standard InChI is InChI=1S/C29H43N3O3S/c1-9-23-10-13-25(14-11-23)36(33,34)31-27-19-29(7,8)35-28-15-12-24(18-26(27)28)22(6)30-16-17-32(20(2)3)21(4)5/h10-15,18,20-21,27,30-31H,6,9,16-17,19H2,1-5,7-8H3/t27-/m0/s1. The zero-order valence-electron chi connectivity index (χ0n) is 22.9. The summed E-state index contributed by atoms with van der Waals surface area (Å²) in [5.74, 6) is 0.697. The molecule has 2 aromatic carbocycles. The largest absolute Gasteiger partial charge is 0.487 e. The molecule has 1 aliphatic heterocycles. The first kappa shape index (κ1) is 28.2. The number of aryl methyl sites for hydroxylation is 1. The van der Waals surface area contributed by atoms with E-state index in [1.54, 1.807) is 12.1 Å². The van der Waals surface area contributed by atoms with Crippen LogP contribution in [0.2, 0.25) is 0 Å². The molecule has 0 saturated carbocycles. The van der Waals surface area contributed by atoms with Crippen LogP contribution >= 0.6 is 0 Å². The molecule has 198 valence electrons. The lowest BCUT2D eigenvalue weighted by Crippen LogP contribution is -2.41. The molecule has 2 aromatic rings. The lowest BCUT2D eigenvalue weighted by Gasteiger charge is -2.38. The lowest BCUT2D eigenvalue weighted by atomic mass is 9.89. The fourth-order valence-electron chi connectivity index (χ4n) is 4.86. The zero-order valence-corrected chi connectivity index (χ0v) is 23.7. The van der Waals surface area contributed by atoms with Gasteiger partial charge in [0.15, 0.2) is 0 Å². The average Bonchev–Trinajstić information content (AvgIpc) is 2.80. The molecule has 0 unspecified atom stereocenters. The van der Waals surface area contributed by atoms with Gasteiger partial charge in [0, 0.05) is 42.9 Å². The van der Waals surface area contributed by atoms with Crippen LogP contribution in [0.5, 0.6) is 5.75 Å². The van der Waals surface area contributed by atoms with Gasteiger partial charge in [0.1, 0.15) is 11.4 Å². The highest BCUT2D eigenvalue weighted by atomic mass is 32.2. The monoisotopic (exact) mass is 513 g/mol. The van der Waals surface area contributed by atoms with Crippen molar-refractivity contribution >= 4 is 15.7 Å². The molecule has 0 aromatic heterocycles. The molecule has 0 spiro atoms. The Balaban J connectivity index is 1.80. The van der Waals surface area contributed by atoms with Crippen LogP contribution in [-0.2, 0) is 16.4 Å². The zero-order chi connectivity index (χ0) is 26.7. The number of fused-ring (bicyclic) bond motifs is 1. The van der Waals surface area contributed by atoms with Crippen LogP contribution in [0.1, 0.15) is 77.6 Å². The van der Waals surface area contributed by atoms with Gasteiger partial charge >= 0.3 is 0 Å². The van der Waals surface area contributed by atoms with E-state index in [0.717, 1.165) is 41.9 Å². The van der Waals surface area contributed by atoms with Crippen LogP contribution in [0.15, 0.2) is 53.9 Å². The second kappa shape index (κ2) is 11.4. The summed E-state index contributed by atoms with van der Waals surface area (Å²) < 4.78 is 35.7. The van der Waals surface area contributed by atoms with Crippen molar-refractivity contribution in [2.75, 3.05) is 13.1 Å². The second-order valence-corrected chi connectivity index (χ2v) is 12.5. The number of nitrogens with zero attached hydrogens (tertiary/aromatic N) is 1. The van der Waals surface area contributed by atoms with Gasteiger partial charge < -0.3 is 10.1 Å². The van der Waals surface area contributed by atoms with E-state index in [4.69, 9.17) is 4.74 Å². The van der Waals surface area contributed by atoms with Crippen molar-refractivity contribution < 1.29 is 13.2 Å². The van der Waals surface area contributed by atoms with Gasteiger partial charge in [-0.1, -0.05) is 25.6 Å². The normalized spacial score (nSPS) is 17.2. The minimum absolute atomic E-state index is 0.271. The molecule has 6 nitrogen and oxygen atoms in total. The maximum Gasteiger partial charge on any atom is 0.241 e. The number of hydrogen-bond acceptors (Lipinski definition) is 5. The summed E-state index contributed by atoms with van der Waals surface area (Å²) in [6, 6.07) is 13.5. The van der Waals surface area contributed by atoms with Crippen molar-refractivity contribution in [1.82, 2.24) is 14.9 Å². The predicted molar refractivity (Wildman–Crippen MR) is 149 cm³/mol. The molecule has 0 fully saturated rings. The molecular weight excluding hydrogens is 470 g/mol. The number of nitrogens with one attached hydrogen (secondary N) is 2. The van der Waals surface area contributed by atoms with Gasteiger partial charge in [-0.3, -0.25) is 4.90 Å². The Labute approximate surface area is 218 Å². The molecule has 0 saturated heterocycles. The maximum absolute atomic E-state index is 13.3. The lowest BCUT2D eigenvalue weighted by molar-refractivity contribution is 0.0702. The van der Waals surface area contributed by atoms with E-state index in [2.05, 4.69) is 49.2 Å². The average molecular weight is 514 g/mol. The Morgan fingerprint density at radius 1 is 1.11 bits per heavy atom. The van der Waals surface area contributed by atoms with Crippen LogP contribution in [-0.4, -0.2) is 44.1 Å². The van der Waals surface area contributed by atoms with Crippen LogP contribution in [0, 0.1) is 0 Å². The van der Waals surface area contributed by atoms with Gasteiger partial charge in [0.25, 0.3) is 0 Å². The summed E-state index contributed by atoms with van der Waals surface area (Å²) in [7, 11) is -3.70. The van der Waals surface area contributed by atoms with Crippen molar-refractivity contribution in [1.29, 1.82) is 0 Å². The summed E-state index contributed by atoms with van der Waals surface area (Å²) in [5, 5.41) is 3.45. The number of benzene rings is 2. The van der Waals surface area contributed by atoms with Crippen molar-refractivity contribution in [2.24, 2.45) is 0 Å². The van der Waals surface area contributed by atoms with Gasteiger partial charge in [0.2, 0.25) is 10.0 Å². The topological polar surface area (TPSA) is 70.7 Å². The minimum atomic E-state index is -3.70. The SMILES string of the molecule is C=C(NCCN(C(C)C)C(C)C)c1ccc2c(c1)[C@@H](NS(=O)(=O)c1ccc(CC)cc1)CC(C)(C)O2. The molecule has 0 aliphatic carbocycles. The van der Waals surface area contributed by atoms with E-state index in [0.29, 0.717) is 24.3 Å². The summed E-state index contributed by atoms with van der Waals surface area (Å²) in [5.41, 5.74) is 3.17. The Kier molecular flexibility index (Phi) is 8.91. The van der Waals surface area contributed by atoms with E-state index in [-0.39, 0.29) is 4.90 Å². The van der Waals surface area contributed by atoms with Crippen LogP contribution < -0.4 is 14.8 Å². The summed E-state index contributed by atoms with van der Waals surface area (Å²) in [6.07, 6.45) is 1.39. The first-order valence-electron chi connectivity index (χ1n) is 13.0. The van der Waals surface area contributed by atoms with Crippen molar-refractivity contribution in [3.8, 4) is 5.75 Å². The number of ether oxygens (including phenoxy) is 1. The van der Waals surface area contributed by atoms with E-state index in [1.807, 2.05) is 51.1 Å². The molecule has 1 atom stereocenters. The predicted octanol–water partition coefficient (Wildman–Crippen LogP) is 5.51. The Morgan fingerprint density at radius 2 is 1.75 bits per heavy atom. The van der Waals surface area contributed by atoms with Crippen LogP contribution in [0.4, 0.5) is 0 Å². The Hall–Kier alpha value is -2.35. The van der Waals surface area contributed by atoms with Gasteiger partial charge in [-0.15, -0.1) is 0 Å². The van der Waals surface area contributed by atoms with Crippen molar-refractivity contribution in [2.45, 2.75) is 89.9 Å². The molecule has 0 amide bonds. The Morgan fingerprint density at radius 3 is 2.33 bits per heavy atom. The highest BCUT2D eigenvalue weighted by Crippen LogP contribution is 2.41. The maximum atomic E-state index is 13.3. The fraction of sp³-hybridized carbons (Fsp3) is 0.517. The van der Waals surface area contributed by atoms with E-state index >= 15 is 0 Å². The van der Waals surface area contributed by atoms with E-state index in [9.17, 15) is 8.42 Å². The van der Waals surface area contributed by atoms with Gasteiger partial charge in [0.05, 0.1) is 10.9 Å². The third kappa shape index (κ3) is 6.90. The third-order valence-corrected chi connectivity index (χ3v) is 8.28. The van der Waals surface area contributed by atoms with Crippen LogP contribution in [0.25, 0.3) is 5.70 Å². The molecule has 0 radical (unpaired) electrons. The highest BCUT2D eigenvalue weighted by Gasteiger charge is 2.36. The quantitative estimate of drug-likeness (QED) is 0.415. The van der Waals surface area contributed by atoms with Gasteiger partial charge in [-0.2, -0.15) is 0 Å². The number of hydrogen-bond donors (Lipinski definition) is 2. The fourth-order valence-corrected chi connectivity index (χ4v) is 6.07. The van der Waals surface area contributed by atoms with Crippen LogP contribution in [0.3, 0.4) is 0 Å². The number of sulfonamides is 1. The molecule has 1 aliphatic rings. The summed E-state index contributed by atoms with van der Waals surface area (Å²) >= 11 is 0. The first-order valence-corrected chi connectivity index (χ1v) is 14.4. The second-order valence-electron chi connectivity index (χ2n) is 10.8. The van der Waals surface area contributed by atoms with Crippen molar-refractivity contribution in [3.05, 3.63) is 65.7 Å². The molecule has 1 heterocycles.